The zero-order valence-electron chi connectivity index (χ0n) is 29.1. The van der Waals surface area contributed by atoms with Crippen molar-refractivity contribution in [2.24, 2.45) is 0 Å². The molecule has 0 aliphatic carbocycles. The van der Waals surface area contributed by atoms with E-state index in [2.05, 4.69) is 9.80 Å². The van der Waals surface area contributed by atoms with Gasteiger partial charge >= 0.3 is 11.9 Å². The summed E-state index contributed by atoms with van der Waals surface area (Å²) in [5.74, 6) is -1.03. The zero-order valence-corrected chi connectivity index (χ0v) is 29.1. The number of rotatable bonds is 35. The van der Waals surface area contributed by atoms with Gasteiger partial charge in [0, 0.05) is 38.9 Å². The first-order valence-corrected chi connectivity index (χ1v) is 18.7. The van der Waals surface area contributed by atoms with Gasteiger partial charge in [0.1, 0.15) is 0 Å². The Morgan fingerprint density at radius 3 is 0.864 bits per heavy atom. The summed E-state index contributed by atoms with van der Waals surface area (Å²) in [7, 11) is 4.07. The van der Waals surface area contributed by atoms with Crippen LogP contribution in [-0.4, -0.2) is 71.6 Å². The van der Waals surface area contributed by atoms with Gasteiger partial charge in [-0.25, -0.2) is 0 Å². The third-order valence-electron chi connectivity index (χ3n) is 8.76. The standard InChI is InChI=1S/C37H72N2O5/c1-38(2)34-31-35(40)39(32-27-23-19-15-11-7-3-5-9-13-17-21-25-29-36(41)42)33-28-24-20-16-12-8-4-6-10-14-18-22-26-30-37(43)44/h3-34H2,1-2H3,(H,41,42)(H,43,44). The molecule has 0 aliphatic heterocycles. The molecule has 7 nitrogen and oxygen atoms in total. The maximum absolute atomic E-state index is 12.9. The Bertz CT molecular complexity index is 626. The zero-order chi connectivity index (χ0) is 32.5. The van der Waals surface area contributed by atoms with E-state index in [1.165, 1.54) is 128 Å². The summed E-state index contributed by atoms with van der Waals surface area (Å²) >= 11 is 0. The average Bonchev–Trinajstić information content (AvgIpc) is 2.98. The summed E-state index contributed by atoms with van der Waals surface area (Å²) in [5, 5.41) is 17.3. The molecule has 1 amide bonds. The maximum Gasteiger partial charge on any atom is 0.303 e. The Morgan fingerprint density at radius 2 is 0.614 bits per heavy atom. The monoisotopic (exact) mass is 625 g/mol. The van der Waals surface area contributed by atoms with Crippen molar-refractivity contribution in [1.82, 2.24) is 9.80 Å². The Hall–Kier alpha value is -1.63. The molecule has 0 atom stereocenters. The number of hydrogen-bond acceptors (Lipinski definition) is 4. The van der Waals surface area contributed by atoms with Crippen molar-refractivity contribution < 1.29 is 24.6 Å². The number of carboxylic acid groups (broad SMARTS) is 2. The molecule has 0 heterocycles. The Kier molecular flexibility index (Phi) is 31.5. The molecule has 0 bridgehead atoms. The van der Waals surface area contributed by atoms with Crippen LogP contribution in [0.2, 0.25) is 0 Å². The van der Waals surface area contributed by atoms with Crippen molar-refractivity contribution in [3.05, 3.63) is 0 Å². The quantitative estimate of drug-likeness (QED) is 0.0681. The fourth-order valence-electron chi connectivity index (χ4n) is 5.89. The second kappa shape index (κ2) is 32.8. The largest absolute Gasteiger partial charge is 0.481 e. The number of amides is 1. The topological polar surface area (TPSA) is 98.2 Å². The van der Waals surface area contributed by atoms with Crippen molar-refractivity contribution in [2.75, 3.05) is 33.7 Å². The predicted molar refractivity (Wildman–Crippen MR) is 184 cm³/mol. The first kappa shape index (κ1) is 42.4. The Labute approximate surface area is 271 Å². The van der Waals surface area contributed by atoms with E-state index in [-0.39, 0.29) is 0 Å². The number of carbonyl (C=O) groups excluding carboxylic acids is 1. The van der Waals surface area contributed by atoms with Gasteiger partial charge in [0.25, 0.3) is 0 Å². The molecule has 0 aromatic carbocycles. The predicted octanol–water partition coefficient (Wildman–Crippen LogP) is 9.86. The van der Waals surface area contributed by atoms with E-state index >= 15 is 0 Å². The Balaban J connectivity index is 3.78. The van der Waals surface area contributed by atoms with Crippen LogP contribution in [0.5, 0.6) is 0 Å². The minimum Gasteiger partial charge on any atom is -0.481 e. The molecule has 0 saturated carbocycles. The molecule has 0 radical (unpaired) electrons. The van der Waals surface area contributed by atoms with Gasteiger partial charge in [-0.3, -0.25) is 14.4 Å². The molecule has 2 N–H and O–H groups in total. The van der Waals surface area contributed by atoms with Crippen molar-refractivity contribution in [1.29, 1.82) is 0 Å². The molecular weight excluding hydrogens is 552 g/mol. The van der Waals surface area contributed by atoms with E-state index in [1.54, 1.807) is 0 Å². The highest BCUT2D eigenvalue weighted by Gasteiger charge is 2.13. The molecule has 0 fully saturated rings. The fraction of sp³-hybridized carbons (Fsp3) is 0.919. The molecule has 0 rings (SSSR count). The molecule has 0 saturated heterocycles. The van der Waals surface area contributed by atoms with Gasteiger partial charge in [0.05, 0.1) is 0 Å². The number of unbranched alkanes of at least 4 members (excludes halogenated alkanes) is 24. The van der Waals surface area contributed by atoms with Gasteiger partial charge in [0.15, 0.2) is 0 Å². The van der Waals surface area contributed by atoms with Crippen molar-refractivity contribution in [2.45, 2.75) is 186 Å². The fourth-order valence-corrected chi connectivity index (χ4v) is 5.89. The van der Waals surface area contributed by atoms with Crippen LogP contribution in [-0.2, 0) is 14.4 Å². The second-order valence-corrected chi connectivity index (χ2v) is 13.4. The minimum absolute atomic E-state index is 0.315. The lowest BCUT2D eigenvalue weighted by atomic mass is 10.0. The van der Waals surface area contributed by atoms with Gasteiger partial charge in [-0.2, -0.15) is 0 Å². The summed E-state index contributed by atoms with van der Waals surface area (Å²) in [6.07, 6.45) is 32.8. The molecule has 0 unspecified atom stereocenters. The van der Waals surface area contributed by atoms with E-state index in [4.69, 9.17) is 10.2 Å². The van der Waals surface area contributed by atoms with E-state index in [0.717, 1.165) is 58.2 Å². The molecule has 0 spiro atoms. The van der Waals surface area contributed by atoms with E-state index in [9.17, 15) is 14.4 Å². The van der Waals surface area contributed by atoms with Crippen LogP contribution < -0.4 is 0 Å². The number of hydrogen-bond donors (Lipinski definition) is 2. The van der Waals surface area contributed by atoms with Crippen LogP contribution in [0.25, 0.3) is 0 Å². The average molecular weight is 625 g/mol. The lowest BCUT2D eigenvalue weighted by Crippen LogP contribution is -2.34. The minimum atomic E-state index is -0.674. The van der Waals surface area contributed by atoms with Gasteiger partial charge in [-0.15, -0.1) is 0 Å². The molecule has 0 aliphatic rings. The molecule has 0 aromatic rings. The third kappa shape index (κ3) is 33.3. The summed E-state index contributed by atoms with van der Waals surface area (Å²) in [6, 6.07) is 0. The molecule has 0 aromatic heterocycles. The summed E-state index contributed by atoms with van der Waals surface area (Å²) in [6.45, 7) is 2.65. The van der Waals surface area contributed by atoms with E-state index in [1.807, 2.05) is 14.1 Å². The van der Waals surface area contributed by atoms with Crippen molar-refractivity contribution >= 4 is 17.8 Å². The molecular formula is C37H72N2O5. The SMILES string of the molecule is CN(C)CCC(=O)N(CCCCCCCCCCCCCCCC(=O)O)CCCCCCCCCCCCCCCC(=O)O. The van der Waals surface area contributed by atoms with Gasteiger partial charge in [0.2, 0.25) is 5.91 Å². The first-order valence-electron chi connectivity index (χ1n) is 18.7. The second-order valence-electron chi connectivity index (χ2n) is 13.4. The highest BCUT2D eigenvalue weighted by molar-refractivity contribution is 5.76. The highest BCUT2D eigenvalue weighted by atomic mass is 16.4. The summed E-state index contributed by atoms with van der Waals surface area (Å²) < 4.78 is 0. The Morgan fingerprint density at radius 1 is 0.364 bits per heavy atom. The summed E-state index contributed by atoms with van der Waals surface area (Å²) in [4.78, 5) is 38.2. The molecule has 7 heteroatoms. The molecule has 260 valence electrons. The van der Waals surface area contributed by atoms with Crippen LogP contribution in [0.15, 0.2) is 0 Å². The summed E-state index contributed by atoms with van der Waals surface area (Å²) in [5.41, 5.74) is 0. The van der Waals surface area contributed by atoms with E-state index < -0.39 is 11.9 Å². The molecule has 44 heavy (non-hydrogen) atoms. The van der Waals surface area contributed by atoms with Crippen LogP contribution in [0.1, 0.15) is 186 Å². The highest BCUT2D eigenvalue weighted by Crippen LogP contribution is 2.15. The van der Waals surface area contributed by atoms with Crippen LogP contribution in [0, 0.1) is 0 Å². The van der Waals surface area contributed by atoms with Gasteiger partial charge in [-0.1, -0.05) is 141 Å². The van der Waals surface area contributed by atoms with E-state index in [0.29, 0.717) is 25.2 Å². The van der Waals surface area contributed by atoms with Gasteiger partial charge in [-0.05, 0) is 39.8 Å². The number of carboxylic acids is 2. The third-order valence-corrected chi connectivity index (χ3v) is 8.76. The lowest BCUT2D eigenvalue weighted by Gasteiger charge is -2.24. The normalized spacial score (nSPS) is 11.3. The lowest BCUT2D eigenvalue weighted by molar-refractivity contribution is -0.138. The first-order chi connectivity index (χ1) is 21.3. The van der Waals surface area contributed by atoms with Crippen LogP contribution in [0.4, 0.5) is 0 Å². The van der Waals surface area contributed by atoms with Crippen LogP contribution in [0.3, 0.4) is 0 Å². The number of nitrogens with zero attached hydrogens (tertiary/aromatic N) is 2. The van der Waals surface area contributed by atoms with Crippen molar-refractivity contribution in [3.8, 4) is 0 Å². The van der Waals surface area contributed by atoms with Crippen molar-refractivity contribution in [3.63, 3.8) is 0 Å². The number of aliphatic carboxylic acids is 2. The van der Waals surface area contributed by atoms with Gasteiger partial charge < -0.3 is 20.0 Å². The number of carbonyl (C=O) groups is 3. The van der Waals surface area contributed by atoms with Crippen LogP contribution >= 0.6 is 0 Å². The maximum atomic E-state index is 12.9. The smallest absolute Gasteiger partial charge is 0.303 e.